The van der Waals surface area contributed by atoms with Crippen LogP contribution in [0.25, 0.3) is 0 Å². The highest BCUT2D eigenvalue weighted by molar-refractivity contribution is 5.00. The molecule has 98 valence electrons. The molecular formula is C14H27N3. The fraction of sp³-hybridized carbons (Fsp3) is 0.786. The molecule has 0 saturated carbocycles. The second kappa shape index (κ2) is 6.80. The lowest BCUT2D eigenvalue weighted by molar-refractivity contribution is 0.276. The van der Waals surface area contributed by atoms with Gasteiger partial charge in [0, 0.05) is 31.9 Å². The number of aromatic nitrogens is 2. The zero-order valence-corrected chi connectivity index (χ0v) is 11.9. The molecule has 0 saturated heterocycles. The van der Waals surface area contributed by atoms with Crippen LogP contribution in [0.1, 0.15) is 33.4 Å². The van der Waals surface area contributed by atoms with Gasteiger partial charge < -0.3 is 5.32 Å². The van der Waals surface area contributed by atoms with Gasteiger partial charge in [-0.3, -0.25) is 4.68 Å². The Balaban J connectivity index is 2.25. The van der Waals surface area contributed by atoms with Crippen molar-refractivity contribution < 1.29 is 0 Å². The Kier molecular flexibility index (Phi) is 5.69. The third-order valence-electron chi connectivity index (χ3n) is 3.57. The van der Waals surface area contributed by atoms with Crippen LogP contribution in [0.2, 0.25) is 0 Å². The van der Waals surface area contributed by atoms with Crippen molar-refractivity contribution in [3.8, 4) is 0 Å². The Morgan fingerprint density at radius 2 is 1.88 bits per heavy atom. The summed E-state index contributed by atoms with van der Waals surface area (Å²) in [5.74, 6) is 2.26. The van der Waals surface area contributed by atoms with Gasteiger partial charge in [-0.1, -0.05) is 27.7 Å². The van der Waals surface area contributed by atoms with Crippen molar-refractivity contribution in [3.63, 3.8) is 0 Å². The number of nitrogens with one attached hydrogen (secondary N) is 1. The standard InChI is InChI=1S/C14H27N3/c1-11(2)14(12(3)4)10-15-8-6-13-7-9-16-17(13)5/h7,9,11-12,14-15H,6,8,10H2,1-5H3. The van der Waals surface area contributed by atoms with Crippen LogP contribution in [0.4, 0.5) is 0 Å². The van der Waals surface area contributed by atoms with E-state index >= 15 is 0 Å². The quantitative estimate of drug-likeness (QED) is 0.738. The topological polar surface area (TPSA) is 29.9 Å². The molecule has 3 nitrogen and oxygen atoms in total. The van der Waals surface area contributed by atoms with Crippen LogP contribution in [0.5, 0.6) is 0 Å². The van der Waals surface area contributed by atoms with Crippen molar-refractivity contribution in [1.29, 1.82) is 0 Å². The largest absolute Gasteiger partial charge is 0.316 e. The van der Waals surface area contributed by atoms with Gasteiger partial charge in [0.2, 0.25) is 0 Å². The molecule has 1 aromatic rings. The van der Waals surface area contributed by atoms with E-state index in [2.05, 4.69) is 44.2 Å². The fourth-order valence-corrected chi connectivity index (χ4v) is 2.37. The molecule has 0 amide bonds. The zero-order valence-electron chi connectivity index (χ0n) is 11.9. The van der Waals surface area contributed by atoms with Crippen molar-refractivity contribution in [1.82, 2.24) is 15.1 Å². The highest BCUT2D eigenvalue weighted by Crippen LogP contribution is 2.19. The van der Waals surface area contributed by atoms with Crippen molar-refractivity contribution in [2.75, 3.05) is 13.1 Å². The third-order valence-corrected chi connectivity index (χ3v) is 3.57. The summed E-state index contributed by atoms with van der Waals surface area (Å²) in [4.78, 5) is 0. The average Bonchev–Trinajstić information content (AvgIpc) is 2.63. The highest BCUT2D eigenvalue weighted by Gasteiger charge is 2.16. The molecule has 1 rings (SSSR count). The van der Waals surface area contributed by atoms with Gasteiger partial charge in [0.25, 0.3) is 0 Å². The van der Waals surface area contributed by atoms with Gasteiger partial charge in [-0.25, -0.2) is 0 Å². The molecule has 0 atom stereocenters. The van der Waals surface area contributed by atoms with E-state index in [1.54, 1.807) is 0 Å². The number of aryl methyl sites for hydroxylation is 1. The molecule has 17 heavy (non-hydrogen) atoms. The Hall–Kier alpha value is -0.830. The fourth-order valence-electron chi connectivity index (χ4n) is 2.37. The Bertz CT molecular complexity index is 307. The minimum Gasteiger partial charge on any atom is -0.316 e. The summed E-state index contributed by atoms with van der Waals surface area (Å²) in [6.45, 7) is 11.4. The summed E-state index contributed by atoms with van der Waals surface area (Å²) in [7, 11) is 2.00. The van der Waals surface area contributed by atoms with E-state index in [1.807, 2.05) is 17.9 Å². The number of nitrogens with zero attached hydrogens (tertiary/aromatic N) is 2. The summed E-state index contributed by atoms with van der Waals surface area (Å²) >= 11 is 0. The molecule has 0 fully saturated rings. The van der Waals surface area contributed by atoms with Crippen LogP contribution in [0.15, 0.2) is 12.3 Å². The molecule has 1 aromatic heterocycles. The van der Waals surface area contributed by atoms with Gasteiger partial charge in [-0.15, -0.1) is 0 Å². The summed E-state index contributed by atoms with van der Waals surface area (Å²) < 4.78 is 1.95. The van der Waals surface area contributed by atoms with E-state index in [4.69, 9.17) is 0 Å². The smallest absolute Gasteiger partial charge is 0.0492 e. The summed E-state index contributed by atoms with van der Waals surface area (Å²) in [5.41, 5.74) is 1.29. The number of rotatable bonds is 7. The van der Waals surface area contributed by atoms with Crippen molar-refractivity contribution in [3.05, 3.63) is 18.0 Å². The molecule has 0 radical (unpaired) electrons. The monoisotopic (exact) mass is 237 g/mol. The van der Waals surface area contributed by atoms with Crippen LogP contribution in [0, 0.1) is 17.8 Å². The molecule has 0 bridgehead atoms. The van der Waals surface area contributed by atoms with Gasteiger partial charge in [0.1, 0.15) is 0 Å². The first-order valence-electron chi connectivity index (χ1n) is 6.70. The first kappa shape index (κ1) is 14.2. The van der Waals surface area contributed by atoms with Crippen LogP contribution in [-0.4, -0.2) is 22.9 Å². The minimum atomic E-state index is 0.749. The Morgan fingerprint density at radius 1 is 1.24 bits per heavy atom. The van der Waals surface area contributed by atoms with E-state index in [0.29, 0.717) is 0 Å². The summed E-state index contributed by atoms with van der Waals surface area (Å²) in [5, 5.41) is 7.75. The molecule has 0 aliphatic heterocycles. The van der Waals surface area contributed by atoms with Gasteiger partial charge in [-0.2, -0.15) is 5.10 Å². The first-order valence-corrected chi connectivity index (χ1v) is 6.70. The lowest BCUT2D eigenvalue weighted by Gasteiger charge is -2.25. The molecule has 1 N–H and O–H groups in total. The third kappa shape index (κ3) is 4.50. The molecule has 0 unspecified atom stereocenters. The van der Waals surface area contributed by atoms with Crippen LogP contribution < -0.4 is 5.32 Å². The molecule has 3 heteroatoms. The zero-order chi connectivity index (χ0) is 12.8. The van der Waals surface area contributed by atoms with Crippen LogP contribution in [0.3, 0.4) is 0 Å². The van der Waals surface area contributed by atoms with Crippen molar-refractivity contribution in [2.24, 2.45) is 24.8 Å². The van der Waals surface area contributed by atoms with Crippen LogP contribution >= 0.6 is 0 Å². The highest BCUT2D eigenvalue weighted by atomic mass is 15.3. The second-order valence-electron chi connectivity index (χ2n) is 5.55. The van der Waals surface area contributed by atoms with Gasteiger partial charge >= 0.3 is 0 Å². The Labute approximate surface area is 106 Å². The lowest BCUT2D eigenvalue weighted by atomic mass is 9.85. The summed E-state index contributed by atoms with van der Waals surface area (Å²) in [6.07, 6.45) is 2.92. The maximum Gasteiger partial charge on any atom is 0.0492 e. The normalized spacial score (nSPS) is 12.0. The molecule has 1 heterocycles. The SMILES string of the molecule is CC(C)C(CNCCc1ccnn1C)C(C)C. The maximum atomic E-state index is 4.18. The molecular weight excluding hydrogens is 210 g/mol. The van der Waals surface area contributed by atoms with Gasteiger partial charge in [0.15, 0.2) is 0 Å². The van der Waals surface area contributed by atoms with E-state index in [-0.39, 0.29) is 0 Å². The Morgan fingerprint density at radius 3 is 2.35 bits per heavy atom. The molecule has 0 aromatic carbocycles. The number of hydrogen-bond donors (Lipinski definition) is 1. The average molecular weight is 237 g/mol. The second-order valence-corrected chi connectivity index (χ2v) is 5.55. The lowest BCUT2D eigenvalue weighted by Crippen LogP contribution is -2.31. The van der Waals surface area contributed by atoms with Crippen molar-refractivity contribution >= 4 is 0 Å². The van der Waals surface area contributed by atoms with Crippen LogP contribution in [-0.2, 0) is 13.5 Å². The predicted molar refractivity (Wildman–Crippen MR) is 72.9 cm³/mol. The predicted octanol–water partition coefficient (Wildman–Crippen LogP) is 2.48. The molecule has 0 spiro atoms. The van der Waals surface area contributed by atoms with Crippen molar-refractivity contribution in [2.45, 2.75) is 34.1 Å². The molecule has 0 aliphatic carbocycles. The first-order chi connectivity index (χ1) is 8.02. The summed E-state index contributed by atoms with van der Waals surface area (Å²) in [6, 6.07) is 2.09. The van der Waals surface area contributed by atoms with Gasteiger partial charge in [-0.05, 0) is 30.4 Å². The van der Waals surface area contributed by atoms with Gasteiger partial charge in [0.05, 0.1) is 0 Å². The maximum absolute atomic E-state index is 4.18. The minimum absolute atomic E-state index is 0.749. The molecule has 0 aliphatic rings. The number of hydrogen-bond acceptors (Lipinski definition) is 2. The van der Waals surface area contributed by atoms with E-state index in [1.165, 1.54) is 5.69 Å². The van der Waals surface area contributed by atoms with E-state index in [0.717, 1.165) is 37.3 Å². The van der Waals surface area contributed by atoms with E-state index < -0.39 is 0 Å². The van der Waals surface area contributed by atoms with E-state index in [9.17, 15) is 0 Å².